The molecule has 78 valence electrons. The van der Waals surface area contributed by atoms with Gasteiger partial charge < -0.3 is 10.2 Å². The van der Waals surface area contributed by atoms with Crippen LogP contribution in [0.25, 0.3) is 0 Å². The van der Waals surface area contributed by atoms with E-state index in [1.807, 2.05) is 13.8 Å². The number of hydrogen-bond donors (Lipinski definition) is 1. The summed E-state index contributed by atoms with van der Waals surface area (Å²) in [7, 11) is 0. The second-order valence-corrected chi connectivity index (χ2v) is 3.94. The number of amides is 2. The van der Waals surface area contributed by atoms with E-state index in [4.69, 9.17) is 5.26 Å². The fourth-order valence-corrected chi connectivity index (χ4v) is 1.64. The van der Waals surface area contributed by atoms with Gasteiger partial charge in [-0.3, -0.25) is 0 Å². The van der Waals surface area contributed by atoms with E-state index in [1.54, 1.807) is 4.90 Å². The maximum absolute atomic E-state index is 11.6. The monoisotopic (exact) mass is 195 g/mol. The molecule has 14 heavy (non-hydrogen) atoms. The van der Waals surface area contributed by atoms with E-state index in [1.165, 1.54) is 0 Å². The van der Waals surface area contributed by atoms with Gasteiger partial charge in [0.1, 0.15) is 6.04 Å². The highest BCUT2D eigenvalue weighted by atomic mass is 16.2. The second-order valence-electron chi connectivity index (χ2n) is 3.94. The molecule has 4 nitrogen and oxygen atoms in total. The lowest BCUT2D eigenvalue weighted by Crippen LogP contribution is -2.49. The Hall–Kier alpha value is -1.24. The Balaban J connectivity index is 2.55. The molecule has 0 radical (unpaired) electrons. The van der Waals surface area contributed by atoms with E-state index in [-0.39, 0.29) is 18.1 Å². The molecular formula is C10H17N3O. The summed E-state index contributed by atoms with van der Waals surface area (Å²) < 4.78 is 0. The molecule has 0 aromatic heterocycles. The summed E-state index contributed by atoms with van der Waals surface area (Å²) in [4.78, 5) is 13.3. The Morgan fingerprint density at radius 3 is 2.86 bits per heavy atom. The van der Waals surface area contributed by atoms with Crippen molar-refractivity contribution < 1.29 is 4.79 Å². The van der Waals surface area contributed by atoms with Gasteiger partial charge in [-0.25, -0.2) is 4.79 Å². The van der Waals surface area contributed by atoms with Gasteiger partial charge in [-0.15, -0.1) is 0 Å². The zero-order chi connectivity index (χ0) is 10.6. The first-order valence-electron chi connectivity index (χ1n) is 5.12. The molecular weight excluding hydrogens is 178 g/mol. The predicted molar refractivity (Wildman–Crippen MR) is 53.6 cm³/mol. The Morgan fingerprint density at radius 1 is 1.57 bits per heavy atom. The maximum Gasteiger partial charge on any atom is 0.318 e. The van der Waals surface area contributed by atoms with Crippen molar-refractivity contribution in [3.63, 3.8) is 0 Å². The fourth-order valence-electron chi connectivity index (χ4n) is 1.64. The average Bonchev–Trinajstić information content (AvgIpc) is 2.16. The maximum atomic E-state index is 11.6. The van der Waals surface area contributed by atoms with Crippen LogP contribution in [-0.2, 0) is 0 Å². The molecule has 2 amide bonds. The van der Waals surface area contributed by atoms with Crippen LogP contribution in [0.5, 0.6) is 0 Å². The van der Waals surface area contributed by atoms with Crippen LogP contribution in [0.1, 0.15) is 33.1 Å². The van der Waals surface area contributed by atoms with Crippen molar-refractivity contribution in [1.29, 1.82) is 5.26 Å². The zero-order valence-electron chi connectivity index (χ0n) is 8.79. The highest BCUT2D eigenvalue weighted by molar-refractivity contribution is 5.75. The Bertz CT molecular complexity index is 244. The molecule has 0 saturated carbocycles. The molecule has 1 fully saturated rings. The molecule has 1 aliphatic heterocycles. The Kier molecular flexibility index (Phi) is 3.75. The SMILES string of the molecule is CC(C)NC(=O)N1CCCCC1C#N. The van der Waals surface area contributed by atoms with Gasteiger partial charge >= 0.3 is 6.03 Å². The van der Waals surface area contributed by atoms with Crippen molar-refractivity contribution in [2.45, 2.75) is 45.2 Å². The molecule has 0 spiro atoms. The average molecular weight is 195 g/mol. The third-order valence-electron chi connectivity index (χ3n) is 2.32. The van der Waals surface area contributed by atoms with Crippen LogP contribution in [-0.4, -0.2) is 29.6 Å². The number of nitrogens with one attached hydrogen (secondary N) is 1. The summed E-state index contributed by atoms with van der Waals surface area (Å²) in [5.41, 5.74) is 0. The lowest BCUT2D eigenvalue weighted by atomic mass is 10.0. The number of hydrogen-bond acceptors (Lipinski definition) is 2. The molecule has 0 aromatic rings. The van der Waals surface area contributed by atoms with E-state index in [0.29, 0.717) is 6.54 Å². The number of nitriles is 1. The number of piperidine rings is 1. The van der Waals surface area contributed by atoms with E-state index >= 15 is 0 Å². The van der Waals surface area contributed by atoms with Crippen molar-refractivity contribution >= 4 is 6.03 Å². The van der Waals surface area contributed by atoms with Crippen LogP contribution in [0.3, 0.4) is 0 Å². The standard InChI is InChI=1S/C10H17N3O/c1-8(2)12-10(14)13-6-4-3-5-9(13)7-11/h8-9H,3-6H2,1-2H3,(H,12,14). The smallest absolute Gasteiger partial charge is 0.318 e. The first-order chi connectivity index (χ1) is 6.65. The first-order valence-corrected chi connectivity index (χ1v) is 5.12. The van der Waals surface area contributed by atoms with Gasteiger partial charge in [-0.2, -0.15) is 5.26 Å². The normalized spacial score (nSPS) is 21.9. The van der Waals surface area contributed by atoms with Gasteiger partial charge in [0.25, 0.3) is 0 Å². The summed E-state index contributed by atoms with van der Waals surface area (Å²) in [6.07, 6.45) is 2.86. The summed E-state index contributed by atoms with van der Waals surface area (Å²) in [6, 6.07) is 1.96. The molecule has 1 saturated heterocycles. The largest absolute Gasteiger partial charge is 0.336 e. The van der Waals surface area contributed by atoms with Crippen LogP contribution in [0, 0.1) is 11.3 Å². The van der Waals surface area contributed by atoms with E-state index in [2.05, 4.69) is 11.4 Å². The summed E-state index contributed by atoms with van der Waals surface area (Å²) >= 11 is 0. The Labute approximate surface area is 84.9 Å². The molecule has 0 bridgehead atoms. The molecule has 0 aliphatic carbocycles. The predicted octanol–water partition coefficient (Wildman–Crippen LogP) is 1.48. The highest BCUT2D eigenvalue weighted by Crippen LogP contribution is 2.16. The van der Waals surface area contributed by atoms with Gasteiger partial charge in [0.15, 0.2) is 0 Å². The highest BCUT2D eigenvalue weighted by Gasteiger charge is 2.26. The number of rotatable bonds is 1. The van der Waals surface area contributed by atoms with Crippen LogP contribution >= 0.6 is 0 Å². The van der Waals surface area contributed by atoms with Crippen LogP contribution < -0.4 is 5.32 Å². The third-order valence-corrected chi connectivity index (χ3v) is 2.32. The van der Waals surface area contributed by atoms with Crippen LogP contribution in [0.15, 0.2) is 0 Å². The molecule has 1 rings (SSSR count). The molecule has 1 heterocycles. The minimum atomic E-state index is -0.234. The van der Waals surface area contributed by atoms with Crippen LogP contribution in [0.2, 0.25) is 0 Å². The van der Waals surface area contributed by atoms with Gasteiger partial charge in [0.05, 0.1) is 6.07 Å². The third kappa shape index (κ3) is 2.63. The van der Waals surface area contributed by atoms with Crippen molar-refractivity contribution in [2.24, 2.45) is 0 Å². The number of carbonyl (C=O) groups excluding carboxylic acids is 1. The van der Waals surface area contributed by atoms with E-state index < -0.39 is 0 Å². The van der Waals surface area contributed by atoms with Crippen LogP contribution in [0.4, 0.5) is 4.79 Å². The number of likely N-dealkylation sites (tertiary alicyclic amines) is 1. The summed E-state index contributed by atoms with van der Waals surface area (Å²) in [6.45, 7) is 4.54. The molecule has 4 heteroatoms. The minimum Gasteiger partial charge on any atom is -0.336 e. The minimum absolute atomic E-state index is 0.105. The van der Waals surface area contributed by atoms with Crippen molar-refractivity contribution in [2.75, 3.05) is 6.54 Å². The lowest BCUT2D eigenvalue weighted by molar-refractivity contribution is 0.167. The molecule has 0 aromatic carbocycles. The van der Waals surface area contributed by atoms with E-state index in [0.717, 1.165) is 19.3 Å². The quantitative estimate of drug-likeness (QED) is 0.689. The van der Waals surface area contributed by atoms with Crippen molar-refractivity contribution in [3.05, 3.63) is 0 Å². The molecule has 1 aliphatic rings. The van der Waals surface area contributed by atoms with Gasteiger partial charge in [0, 0.05) is 12.6 Å². The molecule has 1 atom stereocenters. The van der Waals surface area contributed by atoms with E-state index in [9.17, 15) is 4.79 Å². The first kappa shape index (κ1) is 10.8. The van der Waals surface area contributed by atoms with Gasteiger partial charge in [0.2, 0.25) is 0 Å². The molecule has 1 unspecified atom stereocenters. The number of nitrogens with zero attached hydrogens (tertiary/aromatic N) is 2. The van der Waals surface area contributed by atoms with Crippen molar-refractivity contribution in [1.82, 2.24) is 10.2 Å². The molecule has 1 N–H and O–H groups in total. The van der Waals surface area contributed by atoms with Gasteiger partial charge in [-0.05, 0) is 33.1 Å². The van der Waals surface area contributed by atoms with Crippen molar-refractivity contribution in [3.8, 4) is 6.07 Å². The number of carbonyl (C=O) groups is 1. The topological polar surface area (TPSA) is 56.1 Å². The second kappa shape index (κ2) is 4.85. The lowest BCUT2D eigenvalue weighted by Gasteiger charge is -2.31. The summed E-state index contributed by atoms with van der Waals surface area (Å²) in [5.74, 6) is 0. The van der Waals surface area contributed by atoms with Gasteiger partial charge in [-0.1, -0.05) is 0 Å². The zero-order valence-corrected chi connectivity index (χ0v) is 8.79. The Morgan fingerprint density at radius 2 is 2.29 bits per heavy atom. The fraction of sp³-hybridized carbons (Fsp3) is 0.800. The summed E-state index contributed by atoms with van der Waals surface area (Å²) in [5, 5.41) is 11.7. The number of urea groups is 1.